The average Bonchev–Trinajstić information content (AvgIpc) is 3.59. The number of ether oxygens (including phenoxy) is 2. The van der Waals surface area contributed by atoms with Gasteiger partial charge in [-0.3, -0.25) is 4.90 Å². The number of halogens is 1. The maximum Gasteiger partial charge on any atom is 0.409 e. The highest BCUT2D eigenvalue weighted by molar-refractivity contribution is 5.68. The van der Waals surface area contributed by atoms with E-state index in [4.69, 9.17) is 14.5 Å². The molecule has 9 nitrogen and oxygen atoms in total. The lowest BCUT2D eigenvalue weighted by molar-refractivity contribution is -0.188. The highest BCUT2D eigenvalue weighted by Crippen LogP contribution is 2.67. The number of likely N-dealkylation sites (tertiary alicyclic amines) is 1. The molecule has 1 spiro atoms. The van der Waals surface area contributed by atoms with Gasteiger partial charge in [-0.2, -0.15) is 0 Å². The van der Waals surface area contributed by atoms with Crippen molar-refractivity contribution in [1.82, 2.24) is 24.7 Å². The molecule has 4 unspecified atom stereocenters. The number of amides is 2. The molecule has 3 aromatic rings. The standard InChI is InChI=1S/C35H42FN5O4/c1-23-37-29-21-39(34(43)44-2)17-14-30(29)41(23)27-19-32-35(20-27)15-13-31(35)40(32)16-7-12-28(25-10-6-11-26(36)18-25)38-33(42)45-22-24-8-4-3-5-9-24/h3-6,8-11,18,27-28,31-32H,7,12-17,19-22H2,1-2H3,(H,38,42)/t27?,28-,31?,32?,35?/m0/s1. The highest BCUT2D eigenvalue weighted by Gasteiger charge is 2.69. The van der Waals surface area contributed by atoms with Crippen LogP contribution >= 0.6 is 0 Å². The van der Waals surface area contributed by atoms with Crippen LogP contribution in [0.5, 0.6) is 0 Å². The lowest BCUT2D eigenvalue weighted by atomic mass is 9.53. The van der Waals surface area contributed by atoms with Crippen LogP contribution in [0.1, 0.15) is 78.9 Å². The van der Waals surface area contributed by atoms with Crippen molar-refractivity contribution in [2.24, 2.45) is 5.41 Å². The van der Waals surface area contributed by atoms with Gasteiger partial charge in [-0.25, -0.2) is 19.0 Å². The zero-order valence-corrected chi connectivity index (χ0v) is 26.1. The minimum absolute atomic E-state index is 0.187. The number of carbonyl (C=O) groups excluding carboxylic acids is 2. The fourth-order valence-corrected chi connectivity index (χ4v) is 8.77. The molecule has 4 aliphatic rings. The Hall–Kier alpha value is -3.92. The summed E-state index contributed by atoms with van der Waals surface area (Å²) in [5.41, 5.74) is 4.34. The number of methoxy groups -OCH3 is 1. The molecule has 0 bridgehead atoms. The van der Waals surface area contributed by atoms with Crippen LogP contribution in [0.15, 0.2) is 54.6 Å². The van der Waals surface area contributed by atoms with Gasteiger partial charge in [0.1, 0.15) is 18.2 Å². The van der Waals surface area contributed by atoms with E-state index in [-0.39, 0.29) is 24.6 Å². The number of piperidine rings is 1. The number of nitrogens with zero attached hydrogens (tertiary/aromatic N) is 4. The molecule has 7 rings (SSSR count). The van der Waals surface area contributed by atoms with E-state index in [1.54, 1.807) is 11.0 Å². The quantitative estimate of drug-likeness (QED) is 0.314. The van der Waals surface area contributed by atoms with Crippen LogP contribution < -0.4 is 5.32 Å². The number of rotatable bonds is 9. The van der Waals surface area contributed by atoms with Crippen LogP contribution in [0.2, 0.25) is 0 Å². The largest absolute Gasteiger partial charge is 0.453 e. The SMILES string of the molecule is COC(=O)N1CCc2c(nc(C)n2C2CC3N(CCC[C@H](NC(=O)OCc4ccccc4)c4cccc(F)c4)C4CCC43C2)C1. The number of aromatic nitrogens is 2. The van der Waals surface area contributed by atoms with Crippen molar-refractivity contribution in [3.63, 3.8) is 0 Å². The molecule has 238 valence electrons. The van der Waals surface area contributed by atoms with E-state index in [1.165, 1.54) is 44.2 Å². The van der Waals surface area contributed by atoms with Crippen molar-refractivity contribution in [1.29, 1.82) is 0 Å². The summed E-state index contributed by atoms with van der Waals surface area (Å²) >= 11 is 0. The minimum Gasteiger partial charge on any atom is -0.453 e. The van der Waals surface area contributed by atoms with Gasteiger partial charge in [0.2, 0.25) is 0 Å². The summed E-state index contributed by atoms with van der Waals surface area (Å²) in [6.07, 6.45) is 6.40. The number of carbonyl (C=O) groups is 2. The number of imidazole rings is 1. The predicted octanol–water partition coefficient (Wildman–Crippen LogP) is 6.07. The van der Waals surface area contributed by atoms with E-state index < -0.39 is 6.09 Å². The maximum absolute atomic E-state index is 14.2. The molecule has 2 aromatic carbocycles. The lowest BCUT2D eigenvalue weighted by Crippen LogP contribution is -2.74. The molecule has 2 saturated carbocycles. The van der Waals surface area contributed by atoms with Gasteiger partial charge in [0.25, 0.3) is 0 Å². The third-order valence-corrected chi connectivity index (χ3v) is 10.8. The lowest BCUT2D eigenvalue weighted by Gasteiger charge is -2.68. The van der Waals surface area contributed by atoms with Gasteiger partial charge >= 0.3 is 12.2 Å². The van der Waals surface area contributed by atoms with Crippen molar-refractivity contribution < 1.29 is 23.5 Å². The van der Waals surface area contributed by atoms with E-state index in [9.17, 15) is 14.0 Å². The molecule has 3 fully saturated rings. The van der Waals surface area contributed by atoms with Crippen molar-refractivity contribution in [2.75, 3.05) is 20.2 Å². The number of fused-ring (bicyclic) bond motifs is 1. The second kappa shape index (κ2) is 12.1. The van der Waals surface area contributed by atoms with E-state index in [2.05, 4.69) is 21.7 Å². The maximum atomic E-state index is 14.2. The first-order valence-electron chi connectivity index (χ1n) is 16.2. The Kier molecular flexibility index (Phi) is 8.02. The summed E-state index contributed by atoms with van der Waals surface area (Å²) in [4.78, 5) is 34.2. The van der Waals surface area contributed by atoms with E-state index in [0.717, 1.165) is 48.5 Å². The molecule has 1 saturated heterocycles. The third-order valence-electron chi connectivity index (χ3n) is 10.8. The molecular formula is C35H42FN5O4. The fraction of sp³-hybridized carbons (Fsp3) is 0.514. The molecule has 45 heavy (non-hydrogen) atoms. The van der Waals surface area contributed by atoms with Gasteiger partial charge in [0, 0.05) is 42.2 Å². The first-order valence-corrected chi connectivity index (χ1v) is 16.2. The predicted molar refractivity (Wildman–Crippen MR) is 166 cm³/mol. The molecule has 3 heterocycles. The molecule has 5 atom stereocenters. The number of aryl methyl sites for hydroxylation is 1. The first-order chi connectivity index (χ1) is 21.9. The second-order valence-corrected chi connectivity index (χ2v) is 13.2. The van der Waals surface area contributed by atoms with Gasteiger partial charge in [0.15, 0.2) is 0 Å². The average molecular weight is 616 g/mol. The van der Waals surface area contributed by atoms with Gasteiger partial charge in [-0.05, 0) is 75.3 Å². The molecule has 0 radical (unpaired) electrons. The number of hydrogen-bond acceptors (Lipinski definition) is 6. The van der Waals surface area contributed by atoms with E-state index in [0.29, 0.717) is 43.1 Å². The summed E-state index contributed by atoms with van der Waals surface area (Å²) in [6.45, 7) is 4.39. The van der Waals surface area contributed by atoms with Gasteiger partial charge in [-0.15, -0.1) is 0 Å². The molecule has 2 aliphatic heterocycles. The smallest absolute Gasteiger partial charge is 0.409 e. The number of benzene rings is 2. The van der Waals surface area contributed by atoms with Crippen LogP contribution in [0.25, 0.3) is 0 Å². The van der Waals surface area contributed by atoms with Crippen LogP contribution in [0.4, 0.5) is 14.0 Å². The summed E-state index contributed by atoms with van der Waals surface area (Å²) in [6, 6.07) is 17.3. The summed E-state index contributed by atoms with van der Waals surface area (Å²) in [7, 11) is 1.43. The number of hydrogen-bond donors (Lipinski definition) is 1. The minimum atomic E-state index is -0.498. The first kappa shape index (κ1) is 29.8. The number of alkyl carbamates (subject to hydrolysis) is 1. The Morgan fingerprint density at radius 2 is 2.00 bits per heavy atom. The molecular weight excluding hydrogens is 573 g/mol. The summed E-state index contributed by atoms with van der Waals surface area (Å²) < 4.78 is 27.1. The zero-order chi connectivity index (χ0) is 31.1. The van der Waals surface area contributed by atoms with E-state index in [1.807, 2.05) is 36.4 Å². The van der Waals surface area contributed by atoms with Crippen LogP contribution in [0, 0.1) is 18.2 Å². The van der Waals surface area contributed by atoms with Crippen molar-refractivity contribution >= 4 is 12.2 Å². The zero-order valence-electron chi connectivity index (χ0n) is 26.1. The Labute approximate surface area is 263 Å². The summed E-state index contributed by atoms with van der Waals surface area (Å²) in [5.74, 6) is 0.728. The van der Waals surface area contributed by atoms with Crippen LogP contribution in [-0.2, 0) is 29.0 Å². The topological polar surface area (TPSA) is 88.9 Å². The normalized spacial score (nSPS) is 25.7. The Bertz CT molecular complexity index is 1560. The van der Waals surface area contributed by atoms with Crippen molar-refractivity contribution in [3.05, 3.63) is 88.8 Å². The van der Waals surface area contributed by atoms with Gasteiger partial charge < -0.3 is 24.3 Å². The van der Waals surface area contributed by atoms with Crippen LogP contribution in [-0.4, -0.2) is 63.8 Å². The van der Waals surface area contributed by atoms with Crippen molar-refractivity contribution in [2.45, 2.75) is 89.2 Å². The van der Waals surface area contributed by atoms with Gasteiger partial charge in [-0.1, -0.05) is 42.5 Å². The Morgan fingerprint density at radius 3 is 2.76 bits per heavy atom. The van der Waals surface area contributed by atoms with E-state index >= 15 is 0 Å². The molecule has 1 N–H and O–H groups in total. The highest BCUT2D eigenvalue weighted by atomic mass is 19.1. The Balaban J connectivity index is 0.986. The Morgan fingerprint density at radius 1 is 1.16 bits per heavy atom. The number of nitrogens with one attached hydrogen (secondary N) is 1. The van der Waals surface area contributed by atoms with Crippen LogP contribution in [0.3, 0.4) is 0 Å². The molecule has 10 heteroatoms. The van der Waals surface area contributed by atoms with Crippen molar-refractivity contribution in [3.8, 4) is 0 Å². The molecule has 2 amide bonds. The summed E-state index contributed by atoms with van der Waals surface area (Å²) in [5, 5.41) is 3.01. The second-order valence-electron chi connectivity index (χ2n) is 13.2. The molecule has 1 aromatic heterocycles. The molecule has 2 aliphatic carbocycles. The fourth-order valence-electron chi connectivity index (χ4n) is 8.77. The third kappa shape index (κ3) is 5.47. The van der Waals surface area contributed by atoms with Gasteiger partial charge in [0.05, 0.1) is 25.4 Å². The monoisotopic (exact) mass is 615 g/mol.